The number of ether oxygens (including phenoxy) is 2. The van der Waals surface area contributed by atoms with Crippen molar-refractivity contribution in [3.05, 3.63) is 112 Å². The molecule has 0 spiro atoms. The molecule has 2 aromatic carbocycles. The molecule has 53 heavy (non-hydrogen) atoms. The van der Waals surface area contributed by atoms with Gasteiger partial charge in [0.05, 0.1) is 11.6 Å². The molecule has 0 amide bonds. The molecule has 4 atom stereocenters. The summed E-state index contributed by atoms with van der Waals surface area (Å²) < 4.78 is 41.1. The molecule has 278 valence electrons. The van der Waals surface area contributed by atoms with Crippen LogP contribution >= 0.6 is 0 Å². The van der Waals surface area contributed by atoms with Gasteiger partial charge in [0.2, 0.25) is 11.7 Å². The highest BCUT2D eigenvalue weighted by atomic mass is 28.4. The number of Topliss-reactive ketones (excluding diaryl/α,β-unsaturated/α-hetero) is 2. The molecular weight excluding hydrogens is 696 g/mol. The summed E-state index contributed by atoms with van der Waals surface area (Å²) in [5, 5.41) is 16.6. The summed E-state index contributed by atoms with van der Waals surface area (Å²) in [6.07, 6.45) is 0.190. The molecule has 11 nitrogen and oxygen atoms in total. The molecule has 2 aromatic heterocycles. The number of nitrogens with zero attached hydrogens (tertiary/aromatic N) is 3. The number of nitrogens with two attached hydrogens (primary N) is 1. The van der Waals surface area contributed by atoms with Crippen LogP contribution in [0.3, 0.4) is 0 Å². The highest BCUT2D eigenvalue weighted by Crippen LogP contribution is 2.60. The van der Waals surface area contributed by atoms with E-state index in [1.54, 1.807) is 0 Å². The minimum Gasteiger partial charge on any atom is -0.508 e. The first-order chi connectivity index (χ1) is 25.1. The van der Waals surface area contributed by atoms with Crippen molar-refractivity contribution >= 4 is 25.7 Å². The van der Waals surface area contributed by atoms with Gasteiger partial charge in [-0.2, -0.15) is 9.37 Å². The van der Waals surface area contributed by atoms with E-state index in [2.05, 4.69) is 10.1 Å². The van der Waals surface area contributed by atoms with Crippen LogP contribution in [0.2, 0.25) is 18.1 Å². The van der Waals surface area contributed by atoms with E-state index in [4.69, 9.17) is 24.2 Å². The summed E-state index contributed by atoms with van der Waals surface area (Å²) in [6, 6.07) is 18.1. The summed E-state index contributed by atoms with van der Waals surface area (Å²) in [5.74, 6) is -4.24. The first-order valence-corrected chi connectivity index (χ1v) is 20.7. The summed E-state index contributed by atoms with van der Waals surface area (Å²) in [7, 11) is 0.756. The van der Waals surface area contributed by atoms with Crippen LogP contribution in [0.4, 0.5) is 10.2 Å². The number of aromatic nitrogens is 2. The molecule has 3 aliphatic rings. The third-order valence-electron chi connectivity index (χ3n) is 11.4. The number of hydrogen-bond acceptors (Lipinski definition) is 11. The van der Waals surface area contributed by atoms with Crippen molar-refractivity contribution < 1.29 is 37.5 Å². The van der Waals surface area contributed by atoms with Gasteiger partial charge in [0.15, 0.2) is 37.0 Å². The second kappa shape index (κ2) is 13.2. The van der Waals surface area contributed by atoms with Crippen molar-refractivity contribution in [2.75, 3.05) is 19.8 Å². The molecule has 2 heterocycles. The summed E-state index contributed by atoms with van der Waals surface area (Å²) in [6.45, 7) is 10.2. The van der Waals surface area contributed by atoms with Gasteiger partial charge in [-0.1, -0.05) is 81.4 Å². The normalized spacial score (nSPS) is 22.6. The second-order valence-corrected chi connectivity index (χ2v) is 20.6. The Bertz CT molecular complexity index is 2110. The van der Waals surface area contributed by atoms with Gasteiger partial charge in [-0.05, 0) is 67.3 Å². The third kappa shape index (κ3) is 5.94. The topological polar surface area (TPSA) is 150 Å². The first-order valence-electron chi connectivity index (χ1n) is 17.8. The minimum absolute atomic E-state index is 0.0109. The van der Waals surface area contributed by atoms with Crippen LogP contribution in [0.25, 0.3) is 0 Å². The Morgan fingerprint density at radius 3 is 2.19 bits per heavy atom. The van der Waals surface area contributed by atoms with Gasteiger partial charge < -0.3 is 29.3 Å². The van der Waals surface area contributed by atoms with E-state index in [0.717, 1.165) is 11.1 Å². The van der Waals surface area contributed by atoms with Gasteiger partial charge in [0, 0.05) is 17.1 Å². The number of nitrogen functional groups attached to an aromatic ring is 1. The maximum Gasteiger partial charge on any atom is 0.265 e. The number of rotatable bonds is 9. The largest absolute Gasteiger partial charge is 0.508 e. The van der Waals surface area contributed by atoms with Gasteiger partial charge >= 0.3 is 0 Å². The lowest BCUT2D eigenvalue weighted by Crippen LogP contribution is -2.65. The molecule has 4 aromatic rings. The smallest absolute Gasteiger partial charge is 0.265 e. The van der Waals surface area contributed by atoms with Crippen LogP contribution in [0.1, 0.15) is 76.4 Å². The van der Waals surface area contributed by atoms with E-state index >= 15 is 9.18 Å². The Balaban J connectivity index is 1.41. The Morgan fingerprint density at radius 2 is 1.60 bits per heavy atom. The number of allylic oxidation sites excluding steroid dienone is 1. The zero-order valence-corrected chi connectivity index (χ0v) is 32.0. The van der Waals surface area contributed by atoms with Crippen LogP contribution in [-0.4, -0.2) is 59.7 Å². The molecule has 3 N–H and O–H groups in total. The van der Waals surface area contributed by atoms with Gasteiger partial charge in [0.25, 0.3) is 5.88 Å². The van der Waals surface area contributed by atoms with E-state index in [-0.39, 0.29) is 71.5 Å². The second-order valence-electron chi connectivity index (χ2n) is 15.9. The standard InChI is InChI=1S/C40H45FN4O7Si/c1-39(2,3)53(6,7)52-40-26(30(45(4)5)32-29(35(40)48)38(44-51-32)50-21-23-16-12-9-13-17-23)19-24-18-25-28(31(46)27(24)34(40)47)33(37(42)43-36(25)41)49-20-22-14-10-8-11-15-22/h8-17,24,26,30,47H,18-21H2,1-7H3,(H2,42,43)/t24-,26-,30-,40-/m0/s1. The fraction of sp³-hybridized carbons (Fsp3) is 0.400. The lowest BCUT2D eigenvalue weighted by molar-refractivity contribution is -0.0481. The van der Waals surface area contributed by atoms with Crippen LogP contribution in [0.5, 0.6) is 11.6 Å². The number of benzene rings is 2. The van der Waals surface area contributed by atoms with Crippen molar-refractivity contribution in [3.8, 4) is 11.6 Å². The molecule has 0 bridgehead atoms. The average molecular weight is 741 g/mol. The number of carbonyl (C=O) groups is 2. The quantitative estimate of drug-likeness (QED) is 0.131. The number of halogens is 1. The van der Waals surface area contributed by atoms with Crippen LogP contribution in [-0.2, 0) is 24.1 Å². The highest BCUT2D eigenvalue weighted by molar-refractivity contribution is 6.74. The first kappa shape index (κ1) is 36.5. The maximum absolute atomic E-state index is 15.7. The predicted molar refractivity (Wildman–Crippen MR) is 198 cm³/mol. The molecule has 0 fully saturated rings. The Labute approximate surface area is 309 Å². The van der Waals surface area contributed by atoms with E-state index in [0.29, 0.717) is 0 Å². The number of aliphatic hydroxyl groups is 1. The maximum atomic E-state index is 15.7. The zero-order valence-electron chi connectivity index (χ0n) is 31.0. The fourth-order valence-corrected chi connectivity index (χ4v) is 9.20. The molecule has 0 radical (unpaired) electrons. The molecule has 0 saturated heterocycles. The number of hydrogen-bond donors (Lipinski definition) is 2. The van der Waals surface area contributed by atoms with E-state index in [9.17, 15) is 9.90 Å². The van der Waals surface area contributed by atoms with Crippen molar-refractivity contribution in [1.29, 1.82) is 0 Å². The number of carbonyl (C=O) groups excluding carboxylic acids is 2. The third-order valence-corrected chi connectivity index (χ3v) is 15.8. The van der Waals surface area contributed by atoms with E-state index in [1.165, 1.54) is 0 Å². The number of aliphatic hydroxyl groups excluding tert-OH is 1. The van der Waals surface area contributed by atoms with Gasteiger partial charge in [0.1, 0.15) is 24.5 Å². The molecule has 7 rings (SSSR count). The number of anilines is 1. The lowest BCUT2D eigenvalue weighted by Gasteiger charge is -2.55. The van der Waals surface area contributed by atoms with Crippen LogP contribution in [0, 0.1) is 17.8 Å². The van der Waals surface area contributed by atoms with Gasteiger partial charge in [-0.3, -0.25) is 14.5 Å². The summed E-state index contributed by atoms with van der Waals surface area (Å²) >= 11 is 0. The van der Waals surface area contributed by atoms with Crippen molar-refractivity contribution in [2.45, 2.75) is 76.6 Å². The fourth-order valence-electron chi connectivity index (χ4n) is 7.75. The lowest BCUT2D eigenvalue weighted by atomic mass is 9.58. The molecule has 0 unspecified atom stereocenters. The highest BCUT2D eigenvalue weighted by Gasteiger charge is 2.67. The van der Waals surface area contributed by atoms with Crippen LogP contribution < -0.4 is 15.2 Å². The Kier molecular flexibility index (Phi) is 9.11. The van der Waals surface area contributed by atoms with Gasteiger partial charge in [-0.15, -0.1) is 0 Å². The SMILES string of the molecule is CN(C)[C@@H]1c2onc(OCc3ccccc3)c2C(=O)[C@@]2(O[Si](C)(C)C(C)(C)C)C(O)=C3C(=O)c4c(c(F)nc(N)c4OCc4ccccc4)C[C@H]3C[C@@H]12. The van der Waals surface area contributed by atoms with E-state index in [1.807, 2.05) is 114 Å². The summed E-state index contributed by atoms with van der Waals surface area (Å²) in [5.41, 5.74) is 5.80. The van der Waals surface area contributed by atoms with E-state index < -0.39 is 60.1 Å². The zero-order chi connectivity index (χ0) is 38.0. The summed E-state index contributed by atoms with van der Waals surface area (Å²) in [4.78, 5) is 36.1. The van der Waals surface area contributed by atoms with Crippen LogP contribution in [0.15, 0.2) is 76.5 Å². The van der Waals surface area contributed by atoms with Crippen molar-refractivity contribution in [3.63, 3.8) is 0 Å². The van der Waals surface area contributed by atoms with Gasteiger partial charge in [-0.25, -0.2) is 0 Å². The van der Waals surface area contributed by atoms with Crippen molar-refractivity contribution in [2.24, 2.45) is 11.8 Å². The molecular formula is C40H45FN4O7Si. The Morgan fingerprint density at radius 1 is 1.00 bits per heavy atom. The molecule has 3 aliphatic carbocycles. The predicted octanol–water partition coefficient (Wildman–Crippen LogP) is 7.40. The number of fused-ring (bicyclic) bond motifs is 4. The average Bonchev–Trinajstić information content (AvgIpc) is 3.52. The Hall–Kier alpha value is -4.85. The van der Waals surface area contributed by atoms with Crippen molar-refractivity contribution in [1.82, 2.24) is 15.0 Å². The molecule has 0 aliphatic heterocycles. The minimum atomic E-state index is -2.93. The number of pyridine rings is 1. The number of ketones is 2. The molecule has 0 saturated carbocycles. The molecule has 13 heteroatoms. The monoisotopic (exact) mass is 740 g/mol.